The molecule has 0 bridgehead atoms. The van der Waals surface area contributed by atoms with Gasteiger partial charge in [0.15, 0.2) is 5.65 Å². The molecule has 0 aliphatic heterocycles. The van der Waals surface area contributed by atoms with Gasteiger partial charge in [0.2, 0.25) is 11.8 Å². The Labute approximate surface area is 195 Å². The Kier molecular flexibility index (Phi) is 5.61. The Hall–Kier alpha value is -4.73. The Bertz CT molecular complexity index is 1460. The summed E-state index contributed by atoms with van der Waals surface area (Å²) in [5.41, 5.74) is 9.84. The predicted octanol–water partition coefficient (Wildman–Crippen LogP) is 3.27. The highest BCUT2D eigenvalue weighted by Gasteiger charge is 2.17. The van der Waals surface area contributed by atoms with Gasteiger partial charge in [-0.1, -0.05) is 30.3 Å². The van der Waals surface area contributed by atoms with Crippen molar-refractivity contribution in [3.63, 3.8) is 0 Å². The van der Waals surface area contributed by atoms with E-state index < -0.39 is 0 Å². The van der Waals surface area contributed by atoms with Crippen molar-refractivity contribution in [2.45, 2.75) is 13.5 Å². The minimum Gasteiger partial charge on any atom is -0.477 e. The van der Waals surface area contributed by atoms with E-state index in [1.807, 2.05) is 49.4 Å². The van der Waals surface area contributed by atoms with E-state index >= 15 is 0 Å². The molecule has 0 unspecified atom stereocenters. The molecule has 0 aliphatic rings. The average molecular weight is 454 g/mol. The molecule has 34 heavy (non-hydrogen) atoms. The number of fused-ring (bicyclic) bond motifs is 1. The zero-order valence-electron chi connectivity index (χ0n) is 18.4. The highest BCUT2D eigenvalue weighted by Crippen LogP contribution is 2.26. The van der Waals surface area contributed by atoms with E-state index in [9.17, 15) is 4.79 Å². The van der Waals surface area contributed by atoms with Crippen LogP contribution in [0.25, 0.3) is 16.8 Å². The molecule has 0 saturated carbocycles. The zero-order valence-corrected chi connectivity index (χ0v) is 18.4. The largest absolute Gasteiger partial charge is 0.477 e. The van der Waals surface area contributed by atoms with Gasteiger partial charge >= 0.3 is 0 Å². The van der Waals surface area contributed by atoms with Crippen molar-refractivity contribution in [1.29, 1.82) is 0 Å². The number of nitrogens with two attached hydrogens (primary N) is 1. The quantitative estimate of drug-likeness (QED) is 0.387. The Morgan fingerprint density at radius 1 is 1.12 bits per heavy atom. The van der Waals surface area contributed by atoms with Gasteiger partial charge in [-0.25, -0.2) is 9.50 Å². The van der Waals surface area contributed by atoms with Gasteiger partial charge in [0.05, 0.1) is 25.0 Å². The van der Waals surface area contributed by atoms with E-state index in [0.717, 1.165) is 16.7 Å². The highest BCUT2D eigenvalue weighted by atomic mass is 16.5. The highest BCUT2D eigenvalue weighted by molar-refractivity contribution is 6.06. The van der Waals surface area contributed by atoms with Gasteiger partial charge in [0, 0.05) is 24.2 Å². The maximum absolute atomic E-state index is 13.2. The van der Waals surface area contributed by atoms with Crippen molar-refractivity contribution < 1.29 is 9.53 Å². The second-order valence-electron chi connectivity index (χ2n) is 7.56. The zero-order chi connectivity index (χ0) is 23.5. The molecule has 10 nitrogen and oxygen atoms in total. The fraction of sp³-hybridized carbons (Fsp3) is 0.125. The standard InChI is InChI=1S/C24H22N8O2/c1-2-34-23-20(10-18(12-26-23)17-8-9-32-21(11-17)29-24(25)30-32)22(33)28-19-13-27-31(15-19)14-16-6-4-3-5-7-16/h3-13,15H,2,14H2,1H3,(H2,25,30)(H,28,33). The van der Waals surface area contributed by atoms with Crippen molar-refractivity contribution in [2.75, 3.05) is 17.7 Å². The lowest BCUT2D eigenvalue weighted by atomic mass is 10.1. The van der Waals surface area contributed by atoms with E-state index in [0.29, 0.717) is 30.0 Å². The number of nitrogen functional groups attached to an aromatic ring is 1. The summed E-state index contributed by atoms with van der Waals surface area (Å²) in [5.74, 6) is 0.105. The molecule has 3 N–H and O–H groups in total. The first-order valence-electron chi connectivity index (χ1n) is 10.7. The lowest BCUT2D eigenvalue weighted by molar-refractivity contribution is 0.102. The molecule has 1 aromatic carbocycles. The van der Waals surface area contributed by atoms with Gasteiger partial charge in [-0.15, -0.1) is 5.10 Å². The summed E-state index contributed by atoms with van der Waals surface area (Å²) in [5, 5.41) is 11.3. The minimum absolute atomic E-state index is 0.190. The third-order valence-electron chi connectivity index (χ3n) is 5.14. The number of nitrogens with one attached hydrogen (secondary N) is 1. The number of carbonyl (C=O) groups excluding carboxylic acids is 1. The van der Waals surface area contributed by atoms with Crippen LogP contribution < -0.4 is 15.8 Å². The van der Waals surface area contributed by atoms with E-state index in [4.69, 9.17) is 10.5 Å². The van der Waals surface area contributed by atoms with Crippen LogP contribution in [0.4, 0.5) is 11.6 Å². The molecule has 5 aromatic rings. The lowest BCUT2D eigenvalue weighted by Gasteiger charge is -2.11. The molecule has 0 fully saturated rings. The number of ether oxygens (including phenoxy) is 1. The summed E-state index contributed by atoms with van der Waals surface area (Å²) >= 11 is 0. The number of pyridine rings is 2. The van der Waals surface area contributed by atoms with Crippen LogP contribution >= 0.6 is 0 Å². The monoisotopic (exact) mass is 454 g/mol. The minimum atomic E-state index is -0.343. The molecule has 10 heteroatoms. The van der Waals surface area contributed by atoms with E-state index in [-0.39, 0.29) is 17.7 Å². The van der Waals surface area contributed by atoms with Crippen LogP contribution in [-0.2, 0) is 6.54 Å². The Balaban J connectivity index is 1.40. The number of nitrogens with zero attached hydrogens (tertiary/aromatic N) is 6. The second kappa shape index (κ2) is 9.02. The topological polar surface area (TPSA) is 125 Å². The summed E-state index contributed by atoms with van der Waals surface area (Å²) in [6, 6.07) is 15.4. The van der Waals surface area contributed by atoms with Crippen molar-refractivity contribution in [1.82, 2.24) is 29.4 Å². The van der Waals surface area contributed by atoms with Crippen molar-refractivity contribution >= 4 is 23.2 Å². The normalized spacial score (nSPS) is 11.0. The van der Waals surface area contributed by atoms with Crippen LogP contribution in [0.2, 0.25) is 0 Å². The molecular formula is C24H22N8O2. The third kappa shape index (κ3) is 4.42. The Morgan fingerprint density at radius 3 is 2.79 bits per heavy atom. The van der Waals surface area contributed by atoms with Crippen LogP contribution in [0.5, 0.6) is 5.88 Å². The number of carbonyl (C=O) groups is 1. The van der Waals surface area contributed by atoms with Crippen molar-refractivity contribution in [3.05, 3.63) is 84.4 Å². The average Bonchev–Trinajstić information content (AvgIpc) is 3.44. The maximum Gasteiger partial charge on any atom is 0.261 e. The molecule has 5 rings (SSSR count). The molecule has 0 spiro atoms. The molecule has 170 valence electrons. The fourth-order valence-electron chi connectivity index (χ4n) is 3.59. The number of aromatic nitrogens is 6. The Morgan fingerprint density at radius 2 is 1.97 bits per heavy atom. The fourth-order valence-corrected chi connectivity index (χ4v) is 3.59. The lowest BCUT2D eigenvalue weighted by Crippen LogP contribution is -2.14. The summed E-state index contributed by atoms with van der Waals surface area (Å²) in [6.07, 6.45) is 6.81. The SMILES string of the molecule is CCOc1ncc(-c2ccn3nc(N)nc3c2)cc1C(=O)Nc1cnn(Cc2ccccc2)c1. The number of amides is 1. The summed E-state index contributed by atoms with van der Waals surface area (Å²) < 4.78 is 8.96. The van der Waals surface area contributed by atoms with Gasteiger partial charge in [-0.2, -0.15) is 10.1 Å². The molecule has 4 aromatic heterocycles. The molecule has 1 amide bonds. The van der Waals surface area contributed by atoms with Crippen LogP contribution in [0.3, 0.4) is 0 Å². The number of anilines is 2. The smallest absolute Gasteiger partial charge is 0.261 e. The summed E-state index contributed by atoms with van der Waals surface area (Å²) in [6.45, 7) is 2.83. The number of hydrogen-bond acceptors (Lipinski definition) is 7. The van der Waals surface area contributed by atoms with Gasteiger partial charge in [0.1, 0.15) is 5.56 Å². The van der Waals surface area contributed by atoms with Crippen LogP contribution in [0, 0.1) is 0 Å². The third-order valence-corrected chi connectivity index (χ3v) is 5.14. The molecule has 0 saturated heterocycles. The molecule has 4 heterocycles. The summed E-state index contributed by atoms with van der Waals surface area (Å²) in [4.78, 5) is 21.7. The van der Waals surface area contributed by atoms with Gasteiger partial charge in [-0.05, 0) is 36.2 Å². The number of rotatable bonds is 7. The van der Waals surface area contributed by atoms with Crippen LogP contribution in [0.15, 0.2) is 73.3 Å². The first kappa shape index (κ1) is 21.1. The molecule has 0 atom stereocenters. The molecule has 0 radical (unpaired) electrons. The summed E-state index contributed by atoms with van der Waals surface area (Å²) in [7, 11) is 0. The van der Waals surface area contributed by atoms with E-state index in [2.05, 4.69) is 25.5 Å². The first-order valence-corrected chi connectivity index (χ1v) is 10.7. The molecular weight excluding hydrogens is 432 g/mol. The van der Waals surface area contributed by atoms with Gasteiger partial charge < -0.3 is 15.8 Å². The number of hydrogen-bond donors (Lipinski definition) is 2. The van der Waals surface area contributed by atoms with E-state index in [1.54, 1.807) is 40.1 Å². The van der Waals surface area contributed by atoms with E-state index in [1.165, 1.54) is 0 Å². The van der Waals surface area contributed by atoms with Crippen LogP contribution in [-0.4, -0.2) is 41.9 Å². The second-order valence-corrected chi connectivity index (χ2v) is 7.56. The molecule has 0 aliphatic carbocycles. The van der Waals surface area contributed by atoms with Crippen molar-refractivity contribution in [3.8, 4) is 17.0 Å². The van der Waals surface area contributed by atoms with Crippen LogP contribution in [0.1, 0.15) is 22.8 Å². The number of benzene rings is 1. The van der Waals surface area contributed by atoms with Gasteiger partial charge in [0.25, 0.3) is 5.91 Å². The van der Waals surface area contributed by atoms with Crippen molar-refractivity contribution in [2.24, 2.45) is 0 Å². The maximum atomic E-state index is 13.2. The predicted molar refractivity (Wildman–Crippen MR) is 128 cm³/mol. The first-order chi connectivity index (χ1) is 16.6. The van der Waals surface area contributed by atoms with Gasteiger partial charge in [-0.3, -0.25) is 9.48 Å².